The first-order valence-corrected chi connectivity index (χ1v) is 5.74. The maximum absolute atomic E-state index is 11.0. The van der Waals surface area contributed by atoms with Crippen LogP contribution in [0.4, 0.5) is 11.4 Å². The van der Waals surface area contributed by atoms with E-state index in [4.69, 9.17) is 5.73 Å². The Bertz CT molecular complexity index is 625. The molecule has 104 valence electrons. The number of aromatic nitrogens is 3. The second kappa shape index (κ2) is 5.78. The van der Waals surface area contributed by atoms with Crippen LogP contribution >= 0.6 is 0 Å². The molecular weight excluding hydrogens is 264 g/mol. The largest absolute Gasteiger partial charge is 0.378 e. The van der Waals surface area contributed by atoms with Gasteiger partial charge in [-0.05, 0) is 12.1 Å². The van der Waals surface area contributed by atoms with Crippen LogP contribution in [0.15, 0.2) is 30.6 Å². The third kappa shape index (κ3) is 3.07. The standard InChI is InChI=1S/C11H12N6O3/c12-11(18)8-1-2-9(10(7-8)17(19)20)13-3-5-16-6-4-14-15-16/h1-2,4,6-7,13H,3,5H2,(H2,12,18). The molecule has 0 spiro atoms. The summed E-state index contributed by atoms with van der Waals surface area (Å²) in [5, 5.41) is 21.3. The minimum absolute atomic E-state index is 0.0959. The highest BCUT2D eigenvalue weighted by molar-refractivity contribution is 5.94. The highest BCUT2D eigenvalue weighted by Crippen LogP contribution is 2.25. The van der Waals surface area contributed by atoms with Crippen LogP contribution < -0.4 is 11.1 Å². The van der Waals surface area contributed by atoms with E-state index >= 15 is 0 Å². The number of nitrogens with zero attached hydrogens (tertiary/aromatic N) is 4. The van der Waals surface area contributed by atoms with Crippen molar-refractivity contribution in [2.45, 2.75) is 6.54 Å². The number of carbonyl (C=O) groups excluding carboxylic acids is 1. The summed E-state index contributed by atoms with van der Waals surface area (Å²) in [6, 6.07) is 4.05. The Kier molecular flexibility index (Phi) is 3.89. The fourth-order valence-corrected chi connectivity index (χ4v) is 1.64. The summed E-state index contributed by atoms with van der Waals surface area (Å²) in [6.45, 7) is 0.939. The minimum atomic E-state index is -0.706. The Hall–Kier alpha value is -2.97. The van der Waals surface area contributed by atoms with Crippen molar-refractivity contribution in [3.05, 3.63) is 46.3 Å². The number of anilines is 1. The van der Waals surface area contributed by atoms with E-state index in [-0.39, 0.29) is 11.3 Å². The zero-order valence-electron chi connectivity index (χ0n) is 10.4. The molecule has 0 atom stereocenters. The third-order valence-electron chi connectivity index (χ3n) is 2.61. The molecule has 0 unspecified atom stereocenters. The lowest BCUT2D eigenvalue weighted by molar-refractivity contribution is -0.384. The maximum Gasteiger partial charge on any atom is 0.293 e. The van der Waals surface area contributed by atoms with E-state index < -0.39 is 10.8 Å². The molecule has 0 saturated heterocycles. The van der Waals surface area contributed by atoms with Gasteiger partial charge in [0.2, 0.25) is 5.91 Å². The van der Waals surface area contributed by atoms with Gasteiger partial charge in [0.05, 0.1) is 17.7 Å². The molecule has 1 heterocycles. The first-order chi connectivity index (χ1) is 9.58. The number of primary amides is 1. The number of nitro benzene ring substituents is 1. The van der Waals surface area contributed by atoms with Gasteiger partial charge in [0.1, 0.15) is 5.69 Å². The van der Waals surface area contributed by atoms with Crippen molar-refractivity contribution < 1.29 is 9.72 Å². The molecule has 2 aromatic rings. The Morgan fingerprint density at radius 3 is 2.90 bits per heavy atom. The van der Waals surface area contributed by atoms with E-state index in [1.54, 1.807) is 17.1 Å². The van der Waals surface area contributed by atoms with E-state index in [0.29, 0.717) is 18.8 Å². The van der Waals surface area contributed by atoms with Crippen LogP contribution in [0.3, 0.4) is 0 Å². The maximum atomic E-state index is 11.0. The highest BCUT2D eigenvalue weighted by atomic mass is 16.6. The molecule has 1 aromatic heterocycles. The fraction of sp³-hybridized carbons (Fsp3) is 0.182. The van der Waals surface area contributed by atoms with Gasteiger partial charge in [-0.2, -0.15) is 0 Å². The van der Waals surface area contributed by atoms with Gasteiger partial charge in [-0.15, -0.1) is 5.10 Å². The van der Waals surface area contributed by atoms with Gasteiger partial charge in [-0.3, -0.25) is 19.6 Å². The van der Waals surface area contributed by atoms with Crippen LogP contribution in [0.5, 0.6) is 0 Å². The van der Waals surface area contributed by atoms with Gasteiger partial charge in [0.15, 0.2) is 0 Å². The molecule has 0 bridgehead atoms. The highest BCUT2D eigenvalue weighted by Gasteiger charge is 2.16. The fourth-order valence-electron chi connectivity index (χ4n) is 1.64. The molecular formula is C11H12N6O3. The van der Waals surface area contributed by atoms with Crippen molar-refractivity contribution in [1.82, 2.24) is 15.0 Å². The quantitative estimate of drug-likeness (QED) is 0.580. The summed E-state index contributed by atoms with van der Waals surface area (Å²) >= 11 is 0. The van der Waals surface area contributed by atoms with Crippen LogP contribution in [-0.2, 0) is 6.54 Å². The minimum Gasteiger partial charge on any atom is -0.378 e. The van der Waals surface area contributed by atoms with E-state index in [0.717, 1.165) is 6.07 Å². The molecule has 0 aliphatic heterocycles. The van der Waals surface area contributed by atoms with E-state index in [9.17, 15) is 14.9 Å². The number of nitro groups is 1. The van der Waals surface area contributed by atoms with Gasteiger partial charge >= 0.3 is 0 Å². The molecule has 0 aliphatic rings. The third-order valence-corrected chi connectivity index (χ3v) is 2.61. The number of amides is 1. The molecule has 20 heavy (non-hydrogen) atoms. The topological polar surface area (TPSA) is 129 Å². The number of hydrogen-bond donors (Lipinski definition) is 2. The number of benzene rings is 1. The van der Waals surface area contributed by atoms with Crippen molar-refractivity contribution in [2.75, 3.05) is 11.9 Å². The molecule has 9 nitrogen and oxygen atoms in total. The van der Waals surface area contributed by atoms with Gasteiger partial charge in [0.25, 0.3) is 5.69 Å². The number of nitrogens with one attached hydrogen (secondary N) is 1. The van der Waals surface area contributed by atoms with Gasteiger partial charge in [-0.25, -0.2) is 0 Å². The molecule has 0 saturated carbocycles. The molecule has 0 radical (unpaired) electrons. The van der Waals surface area contributed by atoms with Crippen molar-refractivity contribution in [1.29, 1.82) is 0 Å². The molecule has 2 rings (SSSR count). The lowest BCUT2D eigenvalue weighted by atomic mass is 10.1. The predicted molar refractivity (Wildman–Crippen MR) is 70.1 cm³/mol. The van der Waals surface area contributed by atoms with E-state index in [2.05, 4.69) is 15.6 Å². The zero-order valence-corrected chi connectivity index (χ0v) is 10.4. The molecule has 1 amide bonds. The number of nitrogens with two attached hydrogens (primary N) is 1. The number of carbonyl (C=O) groups is 1. The Labute approximate surface area is 113 Å². The Morgan fingerprint density at radius 1 is 1.50 bits per heavy atom. The van der Waals surface area contributed by atoms with E-state index in [1.165, 1.54) is 12.1 Å². The van der Waals surface area contributed by atoms with E-state index in [1.807, 2.05) is 0 Å². The second-order valence-electron chi connectivity index (χ2n) is 3.95. The monoisotopic (exact) mass is 276 g/mol. The first-order valence-electron chi connectivity index (χ1n) is 5.74. The SMILES string of the molecule is NC(=O)c1ccc(NCCn2ccnn2)c([N+](=O)[O-])c1. The van der Waals surface area contributed by atoms with Gasteiger partial charge in [0, 0.05) is 24.4 Å². The zero-order chi connectivity index (χ0) is 14.5. The summed E-state index contributed by atoms with van der Waals surface area (Å²) < 4.78 is 1.59. The van der Waals surface area contributed by atoms with Crippen molar-refractivity contribution >= 4 is 17.3 Å². The lowest BCUT2D eigenvalue weighted by Gasteiger charge is -2.07. The molecule has 0 aliphatic carbocycles. The van der Waals surface area contributed by atoms with Gasteiger partial charge < -0.3 is 11.1 Å². The van der Waals surface area contributed by atoms with Crippen LogP contribution in [0.2, 0.25) is 0 Å². The molecule has 3 N–H and O–H groups in total. The summed E-state index contributed by atoms with van der Waals surface area (Å²) in [5.74, 6) is -0.706. The molecule has 0 fully saturated rings. The molecule has 1 aromatic carbocycles. The van der Waals surface area contributed by atoms with Crippen molar-refractivity contribution in [2.24, 2.45) is 5.73 Å². The van der Waals surface area contributed by atoms with Crippen LogP contribution in [0, 0.1) is 10.1 Å². The average molecular weight is 276 g/mol. The van der Waals surface area contributed by atoms with Crippen LogP contribution in [0.25, 0.3) is 0 Å². The molecule has 9 heteroatoms. The summed E-state index contributed by atoms with van der Waals surface area (Å²) in [6.07, 6.45) is 3.23. The summed E-state index contributed by atoms with van der Waals surface area (Å²) in [4.78, 5) is 21.4. The Balaban J connectivity index is 2.10. The lowest BCUT2D eigenvalue weighted by Crippen LogP contribution is -2.14. The first kappa shape index (κ1) is 13.5. The number of rotatable bonds is 6. The van der Waals surface area contributed by atoms with Crippen molar-refractivity contribution in [3.8, 4) is 0 Å². The predicted octanol–water partition coefficient (Wildman–Crippen LogP) is 0.397. The summed E-state index contributed by atoms with van der Waals surface area (Å²) in [5.41, 5.74) is 5.32. The smallest absolute Gasteiger partial charge is 0.293 e. The average Bonchev–Trinajstić information content (AvgIpc) is 2.91. The van der Waals surface area contributed by atoms with Crippen LogP contribution in [0.1, 0.15) is 10.4 Å². The normalized spacial score (nSPS) is 10.2. The summed E-state index contributed by atoms with van der Waals surface area (Å²) in [7, 11) is 0. The second-order valence-corrected chi connectivity index (χ2v) is 3.95. The number of hydrogen-bond acceptors (Lipinski definition) is 6. The van der Waals surface area contributed by atoms with Gasteiger partial charge in [-0.1, -0.05) is 5.21 Å². The Morgan fingerprint density at radius 2 is 2.30 bits per heavy atom. The van der Waals surface area contributed by atoms with Crippen LogP contribution in [-0.4, -0.2) is 32.4 Å². The van der Waals surface area contributed by atoms with Crippen molar-refractivity contribution in [3.63, 3.8) is 0 Å².